The molecule has 0 fully saturated rings. The van der Waals surface area contributed by atoms with Crippen LogP contribution in [0.25, 0.3) is 0 Å². The topological polar surface area (TPSA) is 46.3 Å². The molecule has 0 radical (unpaired) electrons. The molecule has 0 aliphatic carbocycles. The Kier molecular flexibility index (Phi) is 9.06. The highest BCUT2D eigenvalue weighted by molar-refractivity contribution is 7.09. The van der Waals surface area contributed by atoms with Gasteiger partial charge in [-0.1, -0.05) is 19.9 Å². The molecule has 0 saturated carbocycles. The molecular formula is C14H25ClN2OS. The van der Waals surface area contributed by atoms with Crippen LogP contribution in [0.5, 0.6) is 0 Å². The van der Waals surface area contributed by atoms with Crippen LogP contribution in [0.4, 0.5) is 0 Å². The van der Waals surface area contributed by atoms with Crippen molar-refractivity contribution in [2.24, 2.45) is 11.7 Å². The summed E-state index contributed by atoms with van der Waals surface area (Å²) in [5.41, 5.74) is 5.98. The number of thiophene rings is 1. The van der Waals surface area contributed by atoms with Gasteiger partial charge in [-0.25, -0.2) is 0 Å². The minimum atomic E-state index is 0. The molecule has 1 heterocycles. The number of amides is 1. The van der Waals surface area contributed by atoms with Crippen LogP contribution < -0.4 is 5.73 Å². The number of aryl methyl sites for hydroxylation is 1. The second kappa shape index (κ2) is 9.34. The summed E-state index contributed by atoms with van der Waals surface area (Å²) in [4.78, 5) is 15.0. The highest BCUT2D eigenvalue weighted by Crippen LogP contribution is 2.12. The number of hydrogen-bond acceptors (Lipinski definition) is 3. The Morgan fingerprint density at radius 2 is 2.16 bits per heavy atom. The lowest BCUT2D eigenvalue weighted by Gasteiger charge is -2.21. The van der Waals surface area contributed by atoms with Gasteiger partial charge in [-0.05, 0) is 30.2 Å². The second-order valence-electron chi connectivity index (χ2n) is 5.09. The van der Waals surface area contributed by atoms with Crippen molar-refractivity contribution in [2.75, 3.05) is 13.6 Å². The minimum Gasteiger partial charge on any atom is -0.346 e. The van der Waals surface area contributed by atoms with Crippen LogP contribution in [-0.2, 0) is 11.2 Å². The van der Waals surface area contributed by atoms with E-state index in [4.69, 9.17) is 5.73 Å². The predicted octanol–water partition coefficient (Wildman–Crippen LogP) is 2.93. The van der Waals surface area contributed by atoms with Crippen molar-refractivity contribution in [3.8, 4) is 0 Å². The lowest BCUT2D eigenvalue weighted by molar-refractivity contribution is -0.129. The summed E-state index contributed by atoms with van der Waals surface area (Å²) in [6, 6.07) is 4.28. The molecule has 0 bridgehead atoms. The van der Waals surface area contributed by atoms with E-state index in [0.717, 1.165) is 19.4 Å². The highest BCUT2D eigenvalue weighted by atomic mass is 35.5. The standard InChI is InChI=1S/C14H24N2OS.ClH/c1-11(2)13(15)8-9-16(3)14(17)7-6-12-5-4-10-18-12;/h4-5,10-11,13H,6-9,15H2,1-3H3;1H. The van der Waals surface area contributed by atoms with E-state index < -0.39 is 0 Å². The number of halogens is 1. The third-order valence-corrected chi connectivity index (χ3v) is 4.18. The number of nitrogens with zero attached hydrogens (tertiary/aromatic N) is 1. The molecule has 1 atom stereocenters. The summed E-state index contributed by atoms with van der Waals surface area (Å²) in [6.07, 6.45) is 2.31. The van der Waals surface area contributed by atoms with Crippen LogP contribution in [0.1, 0.15) is 31.6 Å². The van der Waals surface area contributed by atoms with Crippen LogP contribution >= 0.6 is 23.7 Å². The second-order valence-corrected chi connectivity index (χ2v) is 6.12. The Morgan fingerprint density at radius 3 is 2.68 bits per heavy atom. The molecule has 110 valence electrons. The van der Waals surface area contributed by atoms with E-state index >= 15 is 0 Å². The molecule has 3 nitrogen and oxygen atoms in total. The summed E-state index contributed by atoms with van der Waals surface area (Å²) < 4.78 is 0. The van der Waals surface area contributed by atoms with Gasteiger partial charge in [0.25, 0.3) is 0 Å². The van der Waals surface area contributed by atoms with Crippen molar-refractivity contribution in [3.63, 3.8) is 0 Å². The molecule has 1 aromatic heterocycles. The van der Waals surface area contributed by atoms with E-state index in [2.05, 4.69) is 19.9 Å². The first kappa shape index (κ1) is 18.4. The SMILES string of the molecule is CC(C)C(N)CCN(C)C(=O)CCc1cccs1.Cl. The summed E-state index contributed by atoms with van der Waals surface area (Å²) in [6.45, 7) is 4.98. The van der Waals surface area contributed by atoms with Crippen LogP contribution in [0.3, 0.4) is 0 Å². The Bertz CT molecular complexity index is 354. The highest BCUT2D eigenvalue weighted by Gasteiger charge is 2.12. The van der Waals surface area contributed by atoms with Crippen LogP contribution in [0.15, 0.2) is 17.5 Å². The fourth-order valence-electron chi connectivity index (χ4n) is 1.68. The van der Waals surface area contributed by atoms with Gasteiger partial charge in [0.1, 0.15) is 0 Å². The monoisotopic (exact) mass is 304 g/mol. The average Bonchev–Trinajstić information content (AvgIpc) is 2.85. The van der Waals surface area contributed by atoms with Crippen molar-refractivity contribution in [2.45, 2.75) is 39.2 Å². The van der Waals surface area contributed by atoms with Crippen molar-refractivity contribution in [1.82, 2.24) is 4.90 Å². The molecule has 0 spiro atoms. The smallest absolute Gasteiger partial charge is 0.222 e. The third kappa shape index (κ3) is 6.95. The van der Waals surface area contributed by atoms with Gasteiger partial charge in [0.05, 0.1) is 0 Å². The zero-order valence-electron chi connectivity index (χ0n) is 12.0. The molecule has 0 saturated heterocycles. The average molecular weight is 305 g/mol. The van der Waals surface area contributed by atoms with Crippen molar-refractivity contribution < 1.29 is 4.79 Å². The van der Waals surface area contributed by atoms with E-state index in [1.165, 1.54) is 4.88 Å². The Balaban J connectivity index is 0.00000324. The van der Waals surface area contributed by atoms with Gasteiger partial charge in [0.15, 0.2) is 0 Å². The number of nitrogens with two attached hydrogens (primary N) is 1. The molecule has 19 heavy (non-hydrogen) atoms. The lowest BCUT2D eigenvalue weighted by Crippen LogP contribution is -2.34. The molecule has 2 N–H and O–H groups in total. The van der Waals surface area contributed by atoms with Gasteiger partial charge >= 0.3 is 0 Å². The number of carbonyl (C=O) groups excluding carboxylic acids is 1. The van der Waals surface area contributed by atoms with Gasteiger partial charge in [0, 0.05) is 30.9 Å². The van der Waals surface area contributed by atoms with Gasteiger partial charge in [-0.15, -0.1) is 23.7 Å². The Hall–Kier alpha value is -0.580. The van der Waals surface area contributed by atoms with Gasteiger partial charge in [-0.3, -0.25) is 4.79 Å². The molecule has 0 aliphatic rings. The van der Waals surface area contributed by atoms with E-state index in [0.29, 0.717) is 12.3 Å². The summed E-state index contributed by atoms with van der Waals surface area (Å²) in [7, 11) is 1.86. The van der Waals surface area contributed by atoms with E-state index in [-0.39, 0.29) is 24.4 Å². The third-order valence-electron chi connectivity index (χ3n) is 3.25. The lowest BCUT2D eigenvalue weighted by atomic mass is 10.0. The maximum atomic E-state index is 11.9. The van der Waals surface area contributed by atoms with Crippen LogP contribution in [0, 0.1) is 5.92 Å². The Morgan fingerprint density at radius 1 is 1.47 bits per heavy atom. The van der Waals surface area contributed by atoms with Gasteiger partial charge < -0.3 is 10.6 Å². The molecular weight excluding hydrogens is 280 g/mol. The molecule has 0 aromatic carbocycles. The zero-order valence-corrected chi connectivity index (χ0v) is 13.6. The first-order valence-electron chi connectivity index (χ1n) is 6.52. The van der Waals surface area contributed by atoms with Gasteiger partial charge in [-0.2, -0.15) is 0 Å². The number of rotatable bonds is 7. The minimum absolute atomic E-state index is 0. The zero-order chi connectivity index (χ0) is 13.5. The fraction of sp³-hybridized carbons (Fsp3) is 0.643. The van der Waals surface area contributed by atoms with Crippen LogP contribution in [0.2, 0.25) is 0 Å². The van der Waals surface area contributed by atoms with Crippen LogP contribution in [-0.4, -0.2) is 30.4 Å². The summed E-state index contributed by atoms with van der Waals surface area (Å²) in [5, 5.41) is 2.05. The van der Waals surface area contributed by atoms with Crippen molar-refractivity contribution >= 4 is 29.7 Å². The van der Waals surface area contributed by atoms with E-state index in [1.54, 1.807) is 16.2 Å². The first-order valence-corrected chi connectivity index (χ1v) is 7.40. The van der Waals surface area contributed by atoms with Gasteiger partial charge in [0.2, 0.25) is 5.91 Å². The van der Waals surface area contributed by atoms with Crippen molar-refractivity contribution in [1.29, 1.82) is 0 Å². The van der Waals surface area contributed by atoms with E-state index in [9.17, 15) is 4.79 Å². The largest absolute Gasteiger partial charge is 0.346 e. The molecule has 1 aromatic rings. The van der Waals surface area contributed by atoms with E-state index in [1.807, 2.05) is 18.5 Å². The summed E-state index contributed by atoms with van der Waals surface area (Å²) >= 11 is 1.71. The number of hydrogen-bond donors (Lipinski definition) is 1. The maximum absolute atomic E-state index is 11.9. The first-order chi connectivity index (χ1) is 8.50. The molecule has 0 aliphatic heterocycles. The maximum Gasteiger partial charge on any atom is 0.222 e. The molecule has 5 heteroatoms. The summed E-state index contributed by atoms with van der Waals surface area (Å²) in [5.74, 6) is 0.680. The predicted molar refractivity (Wildman–Crippen MR) is 85.0 cm³/mol. The molecule has 1 amide bonds. The molecule has 1 rings (SSSR count). The quantitative estimate of drug-likeness (QED) is 0.842. The normalized spacial score (nSPS) is 12.1. The van der Waals surface area contributed by atoms with Crippen molar-refractivity contribution in [3.05, 3.63) is 22.4 Å². The number of carbonyl (C=O) groups is 1. The Labute approximate surface area is 126 Å². The molecule has 1 unspecified atom stereocenters. The fourth-order valence-corrected chi connectivity index (χ4v) is 2.39.